The third-order valence-corrected chi connectivity index (χ3v) is 7.11. The maximum Gasteiger partial charge on any atom is 0.129 e. The molecule has 6 rings (SSSR count). The van der Waals surface area contributed by atoms with Crippen LogP contribution in [0.5, 0.6) is 0 Å². The molecule has 0 spiro atoms. The highest BCUT2D eigenvalue weighted by molar-refractivity contribution is 6.10. The van der Waals surface area contributed by atoms with Crippen molar-refractivity contribution in [2.24, 2.45) is 5.92 Å². The highest BCUT2D eigenvalue weighted by atomic mass is 16.5. The molecule has 38 heavy (non-hydrogen) atoms. The highest BCUT2D eigenvalue weighted by Crippen LogP contribution is 2.37. The molecule has 0 radical (unpaired) electrons. The minimum atomic E-state index is 0.0949. The molecular formula is C33H36O5. The van der Waals surface area contributed by atoms with Gasteiger partial charge in [0, 0.05) is 0 Å². The second-order valence-electron chi connectivity index (χ2n) is 10.2. The van der Waals surface area contributed by atoms with Gasteiger partial charge in [-0.05, 0) is 108 Å². The molecule has 5 nitrogen and oxygen atoms in total. The predicted molar refractivity (Wildman–Crippen MR) is 150 cm³/mol. The molecule has 0 fully saturated rings. The molecule has 0 amide bonds. The monoisotopic (exact) mass is 512 g/mol. The first-order valence-corrected chi connectivity index (χ1v) is 13.4. The summed E-state index contributed by atoms with van der Waals surface area (Å²) in [5.41, 5.74) is 3.93. The lowest BCUT2D eigenvalue weighted by Crippen LogP contribution is -2.21. The Kier molecular flexibility index (Phi) is 8.59. The average molecular weight is 513 g/mol. The molecule has 2 heterocycles. The fraction of sp³-hybridized carbons (Fsp3) is 0.333. The van der Waals surface area contributed by atoms with E-state index in [4.69, 9.17) is 18.3 Å². The summed E-state index contributed by atoms with van der Waals surface area (Å²) < 4.78 is 21.4. The van der Waals surface area contributed by atoms with Crippen LogP contribution in [0.3, 0.4) is 0 Å². The molecule has 1 atom stereocenters. The number of hydrogen-bond donors (Lipinski definition) is 1. The lowest BCUT2D eigenvalue weighted by atomic mass is 9.80. The van der Waals surface area contributed by atoms with Crippen LogP contribution in [0, 0.1) is 5.92 Å². The van der Waals surface area contributed by atoms with Gasteiger partial charge in [0.15, 0.2) is 0 Å². The summed E-state index contributed by atoms with van der Waals surface area (Å²) in [6.07, 6.45) is 6.87. The van der Waals surface area contributed by atoms with Crippen LogP contribution in [0.25, 0.3) is 21.5 Å². The van der Waals surface area contributed by atoms with Crippen molar-refractivity contribution in [2.45, 2.75) is 59.0 Å². The summed E-state index contributed by atoms with van der Waals surface area (Å²) in [5, 5.41) is 15.0. The number of furan rings is 2. The van der Waals surface area contributed by atoms with Crippen molar-refractivity contribution in [1.29, 1.82) is 0 Å². The maximum atomic E-state index is 9.97. The van der Waals surface area contributed by atoms with E-state index in [0.717, 1.165) is 43.0 Å². The number of fused-ring (bicyclic) bond motifs is 5. The van der Waals surface area contributed by atoms with E-state index in [1.54, 1.807) is 12.5 Å². The zero-order valence-electron chi connectivity index (χ0n) is 22.2. The van der Waals surface area contributed by atoms with E-state index < -0.39 is 0 Å². The molecule has 5 aromatic rings. The SMILES string of the molecule is CC(C)OCC1CCc2c(ccc3c2c(CO)cc2ccccc23)C1.c1coc(COCc2ccco2)c1. The second kappa shape index (κ2) is 12.4. The molecule has 2 aromatic heterocycles. The fourth-order valence-electron chi connectivity index (χ4n) is 5.29. The van der Waals surface area contributed by atoms with E-state index >= 15 is 0 Å². The third-order valence-electron chi connectivity index (χ3n) is 7.11. The molecule has 0 saturated heterocycles. The van der Waals surface area contributed by atoms with Crippen LogP contribution in [-0.4, -0.2) is 17.8 Å². The maximum absolute atomic E-state index is 9.97. The van der Waals surface area contributed by atoms with Crippen LogP contribution in [-0.2, 0) is 42.1 Å². The Morgan fingerprint density at radius 2 is 1.63 bits per heavy atom. The number of benzene rings is 3. The zero-order chi connectivity index (χ0) is 26.3. The minimum Gasteiger partial charge on any atom is -0.467 e. The first-order chi connectivity index (χ1) is 18.6. The van der Waals surface area contributed by atoms with Crippen LogP contribution >= 0.6 is 0 Å². The molecule has 1 unspecified atom stereocenters. The van der Waals surface area contributed by atoms with Gasteiger partial charge in [-0.2, -0.15) is 0 Å². The number of aliphatic hydroxyl groups is 1. The molecule has 3 aromatic carbocycles. The predicted octanol–water partition coefficient (Wildman–Crippen LogP) is 7.60. The van der Waals surface area contributed by atoms with Crippen LogP contribution in [0.1, 0.15) is 48.5 Å². The summed E-state index contributed by atoms with van der Waals surface area (Å²) in [6.45, 7) is 6.10. The van der Waals surface area contributed by atoms with Gasteiger partial charge < -0.3 is 23.4 Å². The van der Waals surface area contributed by atoms with Crippen molar-refractivity contribution in [3.05, 3.63) is 107 Å². The van der Waals surface area contributed by atoms with Crippen LogP contribution in [0.4, 0.5) is 0 Å². The largest absolute Gasteiger partial charge is 0.467 e. The first kappa shape index (κ1) is 26.2. The Morgan fingerprint density at radius 3 is 2.29 bits per heavy atom. The summed E-state index contributed by atoms with van der Waals surface area (Å²) in [7, 11) is 0. The summed E-state index contributed by atoms with van der Waals surface area (Å²) in [5.74, 6) is 2.25. The number of aliphatic hydroxyl groups excluding tert-OH is 1. The molecular weight excluding hydrogens is 476 g/mol. The smallest absolute Gasteiger partial charge is 0.129 e. The van der Waals surface area contributed by atoms with Gasteiger partial charge >= 0.3 is 0 Å². The highest BCUT2D eigenvalue weighted by Gasteiger charge is 2.22. The van der Waals surface area contributed by atoms with E-state index in [1.807, 2.05) is 24.3 Å². The number of hydrogen-bond acceptors (Lipinski definition) is 5. The lowest BCUT2D eigenvalue weighted by molar-refractivity contribution is 0.0477. The standard InChI is InChI=1S/C23H26O2.C10H10O3/c1-15(2)25-14-16-7-9-21-18(11-16)8-10-22-20-6-4-3-5-17(20)12-19(13-24)23(21)22;1-3-9(12-5-1)7-11-8-10-4-2-6-13-10/h3-6,8,10,12,15-16,24H,7,9,11,13-14H2,1-2H3;1-6H,7-8H2. The van der Waals surface area contributed by atoms with E-state index in [0.29, 0.717) is 25.2 Å². The number of rotatable bonds is 8. The quantitative estimate of drug-likeness (QED) is 0.217. The number of ether oxygens (including phenoxy) is 2. The first-order valence-electron chi connectivity index (χ1n) is 13.4. The normalized spacial score (nSPS) is 15.0. The van der Waals surface area contributed by atoms with E-state index in [-0.39, 0.29) is 6.61 Å². The fourth-order valence-corrected chi connectivity index (χ4v) is 5.29. The van der Waals surface area contributed by atoms with Crippen LogP contribution < -0.4 is 0 Å². The van der Waals surface area contributed by atoms with E-state index in [1.165, 1.54) is 32.7 Å². The van der Waals surface area contributed by atoms with Crippen LogP contribution in [0.15, 0.2) is 88.1 Å². The van der Waals surface area contributed by atoms with Gasteiger partial charge in [-0.3, -0.25) is 0 Å². The van der Waals surface area contributed by atoms with Gasteiger partial charge in [-0.1, -0.05) is 36.4 Å². The molecule has 0 aliphatic heterocycles. The van der Waals surface area contributed by atoms with Crippen molar-refractivity contribution in [3.63, 3.8) is 0 Å². The average Bonchev–Trinajstić information content (AvgIpc) is 3.66. The Balaban J connectivity index is 0.000000190. The van der Waals surface area contributed by atoms with Crippen molar-refractivity contribution >= 4 is 21.5 Å². The molecule has 1 aliphatic rings. The Labute approximate surface area is 224 Å². The Hall–Kier alpha value is -3.38. The van der Waals surface area contributed by atoms with Gasteiger partial charge in [0.2, 0.25) is 0 Å². The molecule has 5 heteroatoms. The molecule has 0 bridgehead atoms. The zero-order valence-corrected chi connectivity index (χ0v) is 22.2. The van der Waals surface area contributed by atoms with Gasteiger partial charge in [0.05, 0.1) is 31.8 Å². The lowest BCUT2D eigenvalue weighted by Gasteiger charge is -2.27. The summed E-state index contributed by atoms with van der Waals surface area (Å²) >= 11 is 0. The Bertz CT molecular complexity index is 1400. The van der Waals surface area contributed by atoms with Gasteiger partial charge in [-0.15, -0.1) is 0 Å². The molecule has 1 aliphatic carbocycles. The summed E-state index contributed by atoms with van der Waals surface area (Å²) in [6, 6.07) is 22.6. The molecule has 0 saturated carbocycles. The van der Waals surface area contributed by atoms with Crippen molar-refractivity contribution in [3.8, 4) is 0 Å². The third kappa shape index (κ3) is 6.18. The van der Waals surface area contributed by atoms with Crippen molar-refractivity contribution in [1.82, 2.24) is 0 Å². The van der Waals surface area contributed by atoms with Crippen molar-refractivity contribution < 1.29 is 23.4 Å². The van der Waals surface area contributed by atoms with Crippen molar-refractivity contribution in [2.75, 3.05) is 6.61 Å². The van der Waals surface area contributed by atoms with Crippen LogP contribution in [0.2, 0.25) is 0 Å². The Morgan fingerprint density at radius 1 is 0.895 bits per heavy atom. The molecule has 1 N–H and O–H groups in total. The molecule has 198 valence electrons. The van der Waals surface area contributed by atoms with E-state index in [2.05, 4.69) is 56.3 Å². The minimum absolute atomic E-state index is 0.0949. The summed E-state index contributed by atoms with van der Waals surface area (Å²) in [4.78, 5) is 0. The van der Waals surface area contributed by atoms with Gasteiger partial charge in [0.25, 0.3) is 0 Å². The van der Waals surface area contributed by atoms with Gasteiger partial charge in [-0.25, -0.2) is 0 Å². The van der Waals surface area contributed by atoms with E-state index in [9.17, 15) is 5.11 Å². The second-order valence-corrected chi connectivity index (χ2v) is 10.2. The topological polar surface area (TPSA) is 65.0 Å². The number of aryl methyl sites for hydroxylation is 1. The van der Waals surface area contributed by atoms with Gasteiger partial charge in [0.1, 0.15) is 24.7 Å².